The number of fused-ring (bicyclic) bond motifs is 1. The molecule has 0 heterocycles. The molecule has 0 saturated heterocycles. The normalized spacial score (nSPS) is 9.67. The van der Waals surface area contributed by atoms with E-state index in [1.54, 1.807) is 12.1 Å². The Bertz CT molecular complexity index is 506. The van der Waals surface area contributed by atoms with Crippen molar-refractivity contribution in [3.05, 3.63) is 47.5 Å². The van der Waals surface area contributed by atoms with Crippen LogP contribution in [0.5, 0.6) is 0 Å². The van der Waals surface area contributed by atoms with Crippen LogP contribution in [0, 0.1) is 6.92 Å². The van der Waals surface area contributed by atoms with Crippen LogP contribution in [0.15, 0.2) is 36.4 Å². The van der Waals surface area contributed by atoms with Crippen molar-refractivity contribution in [3.63, 3.8) is 0 Å². The summed E-state index contributed by atoms with van der Waals surface area (Å²) < 4.78 is 0. The van der Waals surface area contributed by atoms with Crippen molar-refractivity contribution in [1.82, 2.24) is 0 Å². The molecule has 2 aromatic carbocycles. The molecule has 0 aliphatic rings. The van der Waals surface area contributed by atoms with E-state index in [1.807, 2.05) is 31.2 Å². The number of carboxylic acids is 1. The Morgan fingerprint density at radius 2 is 1.67 bits per heavy atom. The average molecular weight is 304 g/mol. The molecule has 76 valence electrons. The van der Waals surface area contributed by atoms with Crippen molar-refractivity contribution in [2.75, 3.05) is 0 Å². The Morgan fingerprint density at radius 1 is 1.07 bits per heavy atom. The Morgan fingerprint density at radius 3 is 2.33 bits per heavy atom. The van der Waals surface area contributed by atoms with E-state index in [-0.39, 0.29) is 25.8 Å². The van der Waals surface area contributed by atoms with Crippen LogP contribution in [0.2, 0.25) is 0 Å². The maximum absolute atomic E-state index is 10.7. The zero-order valence-electron chi connectivity index (χ0n) is 7.82. The number of carbonyl (C=O) groups is 1. The number of hydrogen-bond donors (Lipinski definition) is 1. The number of aromatic carboxylic acids is 1. The van der Waals surface area contributed by atoms with Gasteiger partial charge in [-0.25, -0.2) is 4.79 Å². The van der Waals surface area contributed by atoms with Gasteiger partial charge in [0, 0.05) is 0 Å². The first-order valence-electron chi connectivity index (χ1n) is 4.40. The predicted molar refractivity (Wildman–Crippen MR) is 65.6 cm³/mol. The molecule has 0 radical (unpaired) electrons. The monoisotopic (exact) mass is 304 g/mol. The van der Waals surface area contributed by atoms with Gasteiger partial charge in [0.25, 0.3) is 0 Å². The zero-order valence-corrected chi connectivity index (χ0v) is 7.82. The van der Waals surface area contributed by atoms with Crippen molar-refractivity contribution < 1.29 is 9.90 Å². The van der Waals surface area contributed by atoms with Crippen molar-refractivity contribution >= 4 is 42.6 Å². The molecule has 0 fully saturated rings. The molecule has 15 heavy (non-hydrogen) atoms. The minimum atomic E-state index is -0.882. The molecule has 1 N–H and O–H groups in total. The predicted octanol–water partition coefficient (Wildman–Crippen LogP) is 1.66. The quantitative estimate of drug-likeness (QED) is 0.870. The zero-order chi connectivity index (χ0) is 10.1. The maximum atomic E-state index is 10.7. The first-order valence-corrected chi connectivity index (χ1v) is 4.40. The van der Waals surface area contributed by atoms with Crippen LogP contribution in [0.25, 0.3) is 10.8 Å². The van der Waals surface area contributed by atoms with E-state index in [0.717, 1.165) is 10.8 Å². The summed E-state index contributed by atoms with van der Waals surface area (Å²) in [5.74, 6) is -0.882. The molecule has 2 aromatic rings. The first-order chi connectivity index (χ1) is 6.66. The second-order valence-electron chi connectivity index (χ2n) is 3.37. The van der Waals surface area contributed by atoms with E-state index < -0.39 is 5.97 Å². The van der Waals surface area contributed by atoms with Gasteiger partial charge < -0.3 is 5.11 Å². The third-order valence-corrected chi connectivity index (χ3v) is 2.24. The van der Waals surface area contributed by atoms with Gasteiger partial charge in [0.2, 0.25) is 0 Å². The molecule has 2 nitrogen and oxygen atoms in total. The molecule has 0 aliphatic heterocycles. The van der Waals surface area contributed by atoms with Gasteiger partial charge in [0.05, 0.1) is 5.56 Å². The van der Waals surface area contributed by atoms with Gasteiger partial charge in [0.15, 0.2) is 0 Å². The number of rotatable bonds is 1. The van der Waals surface area contributed by atoms with E-state index in [0.29, 0.717) is 5.56 Å². The standard InChI is InChI=1S/C12H10O2.In.3H/c1-8-2-3-10-7-11(12(13)14)5-4-9(10)6-8;;;;/h2-7H,1H3,(H,13,14);;;;. The molecule has 2 rings (SSSR count). The third-order valence-electron chi connectivity index (χ3n) is 2.24. The molecule has 0 atom stereocenters. The molecule has 3 heteroatoms. The summed E-state index contributed by atoms with van der Waals surface area (Å²) in [6, 6.07) is 11.1. The summed E-state index contributed by atoms with van der Waals surface area (Å²) in [4.78, 5) is 10.7. The van der Waals surface area contributed by atoms with Crippen LogP contribution in [0.4, 0.5) is 0 Å². The topological polar surface area (TPSA) is 37.3 Å². The van der Waals surface area contributed by atoms with Crippen LogP contribution in [0.3, 0.4) is 0 Å². The van der Waals surface area contributed by atoms with Gasteiger partial charge in [-0.1, -0.05) is 29.8 Å². The fourth-order valence-electron chi connectivity index (χ4n) is 1.50. The van der Waals surface area contributed by atoms with Crippen molar-refractivity contribution in [1.29, 1.82) is 0 Å². The molecule has 0 spiro atoms. The van der Waals surface area contributed by atoms with Gasteiger partial charge in [-0.3, -0.25) is 0 Å². The van der Waals surface area contributed by atoms with Gasteiger partial charge in [-0.15, -0.1) is 0 Å². The summed E-state index contributed by atoms with van der Waals surface area (Å²) in [6.07, 6.45) is 0. The van der Waals surface area contributed by atoms with E-state index in [4.69, 9.17) is 5.11 Å². The average Bonchev–Trinajstić information content (AvgIpc) is 2.16. The Balaban J connectivity index is 0.00000112. The van der Waals surface area contributed by atoms with Crippen LogP contribution >= 0.6 is 0 Å². The molecular formula is C12H13InO2. The summed E-state index contributed by atoms with van der Waals surface area (Å²) in [5.41, 5.74) is 1.52. The van der Waals surface area contributed by atoms with E-state index in [2.05, 4.69) is 0 Å². The van der Waals surface area contributed by atoms with Crippen LogP contribution < -0.4 is 0 Å². The van der Waals surface area contributed by atoms with Gasteiger partial charge >= 0.3 is 31.8 Å². The van der Waals surface area contributed by atoms with Gasteiger partial charge in [-0.2, -0.15) is 0 Å². The van der Waals surface area contributed by atoms with Crippen LogP contribution in [-0.2, 0) is 0 Å². The van der Waals surface area contributed by atoms with Crippen molar-refractivity contribution in [2.45, 2.75) is 6.92 Å². The molecule has 0 aromatic heterocycles. The molecule has 0 bridgehead atoms. The molecule has 0 saturated carbocycles. The summed E-state index contributed by atoms with van der Waals surface area (Å²) in [5, 5.41) is 10.8. The Labute approximate surface area is 107 Å². The summed E-state index contributed by atoms with van der Waals surface area (Å²) in [7, 11) is 0. The molecule has 0 aliphatic carbocycles. The van der Waals surface area contributed by atoms with Crippen LogP contribution in [0.1, 0.15) is 15.9 Å². The minimum absolute atomic E-state index is 0. The Kier molecular flexibility index (Phi) is 3.80. The van der Waals surface area contributed by atoms with Crippen molar-refractivity contribution in [2.24, 2.45) is 0 Å². The van der Waals surface area contributed by atoms with Crippen LogP contribution in [-0.4, -0.2) is 36.9 Å². The van der Waals surface area contributed by atoms with E-state index in [9.17, 15) is 4.79 Å². The fraction of sp³-hybridized carbons (Fsp3) is 0.0833. The van der Waals surface area contributed by atoms with E-state index in [1.165, 1.54) is 5.56 Å². The van der Waals surface area contributed by atoms with Gasteiger partial charge in [0.1, 0.15) is 0 Å². The fourth-order valence-corrected chi connectivity index (χ4v) is 1.50. The molecular weight excluding hydrogens is 291 g/mol. The SMILES string of the molecule is Cc1ccc2cc(C(=O)O)ccc2c1.[InH3]. The number of carboxylic acid groups (broad SMARTS) is 1. The first kappa shape index (κ1) is 12.1. The summed E-state index contributed by atoms with van der Waals surface area (Å²) >= 11 is 0. The van der Waals surface area contributed by atoms with Gasteiger partial charge in [-0.05, 0) is 29.8 Å². The van der Waals surface area contributed by atoms with Crippen molar-refractivity contribution in [3.8, 4) is 0 Å². The number of benzene rings is 2. The van der Waals surface area contributed by atoms with E-state index >= 15 is 0 Å². The molecule has 0 unspecified atom stereocenters. The molecule has 0 amide bonds. The number of aryl methyl sites for hydroxylation is 1. The third kappa shape index (κ3) is 2.53. The number of hydrogen-bond acceptors (Lipinski definition) is 1. The Hall–Kier alpha value is -0.960. The summed E-state index contributed by atoms with van der Waals surface area (Å²) in [6.45, 7) is 2.02. The second kappa shape index (κ2) is 4.71. The second-order valence-corrected chi connectivity index (χ2v) is 3.37.